The first-order valence-electron chi connectivity index (χ1n) is 17.4. The van der Waals surface area contributed by atoms with Crippen LogP contribution in [0.25, 0.3) is 0 Å². The second-order valence-electron chi connectivity index (χ2n) is 13.6. The number of aliphatic hydroxyl groups is 3. The number of aliphatic carboxylic acids is 1. The third-order valence-corrected chi connectivity index (χ3v) is 9.35. The molecule has 6 unspecified atom stereocenters. The molecule has 4 N–H and O–H groups in total. The highest BCUT2D eigenvalue weighted by Crippen LogP contribution is 2.44. The van der Waals surface area contributed by atoms with E-state index in [9.17, 15) is 30.0 Å². The number of aliphatic hydroxyl groups excluding tert-OH is 2. The fourth-order valence-corrected chi connectivity index (χ4v) is 6.64. The molecule has 0 radical (unpaired) electrons. The molecule has 13 nitrogen and oxygen atoms in total. The Bertz CT molecular complexity index is 966. The third kappa shape index (κ3) is 10.8. The molecule has 4 fully saturated rings. The fourth-order valence-electron chi connectivity index (χ4n) is 6.64. The molecule has 46 heavy (non-hydrogen) atoms. The van der Waals surface area contributed by atoms with Crippen molar-refractivity contribution in [2.45, 2.75) is 190 Å². The normalized spacial score (nSPS) is 36.4. The Labute approximate surface area is 272 Å². The number of hydrogen-bond donors (Lipinski definition) is 4. The molecular weight excluding hydrogens is 604 g/mol. The van der Waals surface area contributed by atoms with Crippen molar-refractivity contribution in [1.82, 2.24) is 0 Å². The Morgan fingerprint density at radius 2 is 1.54 bits per heavy atom. The summed E-state index contributed by atoms with van der Waals surface area (Å²) in [6.07, 6.45) is 2.42. The van der Waals surface area contributed by atoms with Crippen molar-refractivity contribution in [3.63, 3.8) is 0 Å². The molecule has 11 atom stereocenters. The van der Waals surface area contributed by atoms with E-state index in [1.54, 1.807) is 0 Å². The van der Waals surface area contributed by atoms with Crippen molar-refractivity contribution in [3.05, 3.63) is 0 Å². The number of esters is 1. The van der Waals surface area contributed by atoms with Gasteiger partial charge in [-0.1, -0.05) is 71.6 Å². The maximum atomic E-state index is 13.2. The molecule has 266 valence electrons. The van der Waals surface area contributed by atoms with E-state index in [1.165, 1.54) is 6.92 Å². The van der Waals surface area contributed by atoms with Gasteiger partial charge in [-0.3, -0.25) is 9.59 Å². The molecule has 0 aromatic carbocycles. The van der Waals surface area contributed by atoms with E-state index in [4.69, 9.17) is 33.2 Å². The predicted molar refractivity (Wildman–Crippen MR) is 162 cm³/mol. The molecule has 0 aliphatic carbocycles. The van der Waals surface area contributed by atoms with E-state index in [0.717, 1.165) is 64.2 Å². The largest absolute Gasteiger partial charge is 0.481 e. The van der Waals surface area contributed by atoms with Crippen LogP contribution in [-0.4, -0.2) is 106 Å². The third-order valence-electron chi connectivity index (χ3n) is 9.35. The quantitative estimate of drug-likeness (QED) is 0.0796. The van der Waals surface area contributed by atoms with Gasteiger partial charge in [0.25, 0.3) is 0 Å². The minimum absolute atomic E-state index is 0.0251. The van der Waals surface area contributed by atoms with Gasteiger partial charge in [0, 0.05) is 12.8 Å². The first kappa shape index (κ1) is 37.4. The summed E-state index contributed by atoms with van der Waals surface area (Å²) >= 11 is 0. The molecule has 4 saturated heterocycles. The summed E-state index contributed by atoms with van der Waals surface area (Å²) in [6.45, 7) is 5.78. The summed E-state index contributed by atoms with van der Waals surface area (Å²) in [5.74, 6) is -3.27. The highest BCUT2D eigenvalue weighted by molar-refractivity contribution is 5.72. The van der Waals surface area contributed by atoms with Gasteiger partial charge in [0.15, 0.2) is 24.7 Å². The zero-order chi connectivity index (χ0) is 33.3. The zero-order valence-electron chi connectivity index (χ0n) is 27.7. The predicted octanol–water partition coefficient (Wildman–Crippen LogP) is 3.67. The standard InChI is InChI=1S/C33H56O13/c1-4-6-8-10-12-14-21(16-24(34)35)41-25(36)17-22(15-13-11-9-7-5-2)42-30-23(18-33(39)19-26(43-30)40-20-33)45-32(3)29(38)27(37)28-31(44-28)46-32/h21-23,26-31,37-39H,4-20H2,1-3H3,(H,34,35)/t21-,22-,23?,26?,27?,28-,29+,30-,31?,32?,33?/m1/s1. The van der Waals surface area contributed by atoms with Crippen LogP contribution >= 0.6 is 0 Å². The minimum Gasteiger partial charge on any atom is -0.481 e. The lowest BCUT2D eigenvalue weighted by Crippen LogP contribution is -2.60. The first-order valence-corrected chi connectivity index (χ1v) is 17.4. The van der Waals surface area contributed by atoms with Crippen molar-refractivity contribution in [2.24, 2.45) is 0 Å². The molecule has 0 spiro atoms. The molecular formula is C33H56O13. The number of ether oxygens (including phenoxy) is 7. The van der Waals surface area contributed by atoms with Gasteiger partial charge in [-0.2, -0.15) is 0 Å². The Hall–Kier alpha value is -1.42. The molecule has 0 aromatic rings. The number of hydrogen-bond acceptors (Lipinski definition) is 12. The molecule has 4 aliphatic heterocycles. The van der Waals surface area contributed by atoms with Crippen LogP contribution in [0.5, 0.6) is 0 Å². The van der Waals surface area contributed by atoms with Gasteiger partial charge < -0.3 is 53.6 Å². The van der Waals surface area contributed by atoms with Crippen molar-refractivity contribution in [3.8, 4) is 0 Å². The van der Waals surface area contributed by atoms with Gasteiger partial charge in [0.2, 0.25) is 0 Å². The molecule has 4 rings (SSSR count). The van der Waals surface area contributed by atoms with Crippen molar-refractivity contribution >= 4 is 11.9 Å². The maximum Gasteiger partial charge on any atom is 0.308 e. The smallest absolute Gasteiger partial charge is 0.308 e. The first-order chi connectivity index (χ1) is 21.9. The van der Waals surface area contributed by atoms with E-state index in [2.05, 4.69) is 13.8 Å². The number of carbonyl (C=O) groups excluding carboxylic acids is 1. The average molecular weight is 661 g/mol. The van der Waals surface area contributed by atoms with Crippen LogP contribution < -0.4 is 0 Å². The summed E-state index contributed by atoms with van der Waals surface area (Å²) in [4.78, 5) is 24.8. The van der Waals surface area contributed by atoms with Gasteiger partial charge in [0.05, 0.1) is 31.2 Å². The van der Waals surface area contributed by atoms with Crippen LogP contribution in [0.1, 0.15) is 124 Å². The second kappa shape index (κ2) is 17.3. The monoisotopic (exact) mass is 660 g/mol. The van der Waals surface area contributed by atoms with E-state index in [-0.39, 0.29) is 32.3 Å². The fraction of sp³-hybridized carbons (Fsp3) is 0.939. The van der Waals surface area contributed by atoms with Crippen LogP contribution in [0.3, 0.4) is 0 Å². The van der Waals surface area contributed by atoms with Crippen LogP contribution in [0.4, 0.5) is 0 Å². The van der Waals surface area contributed by atoms with E-state index in [0.29, 0.717) is 12.8 Å². The van der Waals surface area contributed by atoms with E-state index >= 15 is 0 Å². The molecule has 4 aliphatic rings. The van der Waals surface area contributed by atoms with Crippen LogP contribution in [0, 0.1) is 0 Å². The number of fused-ring (bicyclic) bond motifs is 3. The van der Waals surface area contributed by atoms with E-state index < -0.39 is 78.8 Å². The Morgan fingerprint density at radius 1 is 0.891 bits per heavy atom. The molecule has 4 heterocycles. The van der Waals surface area contributed by atoms with Gasteiger partial charge in [0.1, 0.15) is 30.5 Å². The highest BCUT2D eigenvalue weighted by atomic mass is 16.9. The van der Waals surface area contributed by atoms with Gasteiger partial charge in [-0.05, 0) is 26.2 Å². The Balaban J connectivity index is 1.45. The SMILES string of the molecule is CCCCCCC[C@H](CC(=O)O)OC(=O)C[C@@H](CCCCCCC)O[C@@H]1OC2CC(O)(CO2)CC1OC1(C)OC2O[C@@H]2C(O)[C@@H]1O. The summed E-state index contributed by atoms with van der Waals surface area (Å²) in [7, 11) is 0. The second-order valence-corrected chi connectivity index (χ2v) is 13.6. The van der Waals surface area contributed by atoms with Gasteiger partial charge in [-0.15, -0.1) is 0 Å². The van der Waals surface area contributed by atoms with Crippen molar-refractivity contribution in [1.29, 1.82) is 0 Å². The van der Waals surface area contributed by atoms with Crippen LogP contribution in [0.2, 0.25) is 0 Å². The number of carboxylic acid groups (broad SMARTS) is 1. The Kier molecular flexibility index (Phi) is 14.1. The van der Waals surface area contributed by atoms with E-state index in [1.807, 2.05) is 0 Å². The number of carbonyl (C=O) groups is 2. The molecule has 13 heteroatoms. The van der Waals surface area contributed by atoms with Crippen LogP contribution in [-0.2, 0) is 42.7 Å². The highest BCUT2D eigenvalue weighted by Gasteiger charge is 2.63. The molecule has 0 aromatic heterocycles. The van der Waals surface area contributed by atoms with Crippen molar-refractivity contribution < 1.29 is 63.2 Å². The van der Waals surface area contributed by atoms with Crippen LogP contribution in [0.15, 0.2) is 0 Å². The lowest BCUT2D eigenvalue weighted by atomic mass is 9.94. The lowest BCUT2D eigenvalue weighted by Gasteiger charge is -2.43. The topological polar surface area (TPSA) is 183 Å². The molecule has 0 amide bonds. The summed E-state index contributed by atoms with van der Waals surface area (Å²) in [6, 6.07) is 0. The maximum absolute atomic E-state index is 13.2. The lowest BCUT2D eigenvalue weighted by molar-refractivity contribution is -0.366. The van der Waals surface area contributed by atoms with Crippen molar-refractivity contribution in [2.75, 3.05) is 6.61 Å². The minimum atomic E-state index is -1.69. The number of rotatable bonds is 21. The number of carboxylic acids is 1. The summed E-state index contributed by atoms with van der Waals surface area (Å²) < 4.78 is 41.4. The van der Waals surface area contributed by atoms with Gasteiger partial charge >= 0.3 is 11.9 Å². The summed E-state index contributed by atoms with van der Waals surface area (Å²) in [5, 5.41) is 42.0. The Morgan fingerprint density at radius 3 is 2.20 bits per heavy atom. The number of epoxide rings is 1. The molecule has 2 bridgehead atoms. The molecule has 0 saturated carbocycles. The number of unbranched alkanes of at least 4 members (excludes halogenated alkanes) is 8. The summed E-state index contributed by atoms with van der Waals surface area (Å²) in [5.41, 5.74) is -1.28. The average Bonchev–Trinajstić information content (AvgIpc) is 3.68. The zero-order valence-corrected chi connectivity index (χ0v) is 27.7. The van der Waals surface area contributed by atoms with Gasteiger partial charge in [-0.25, -0.2) is 0 Å².